The van der Waals surface area contributed by atoms with Crippen molar-refractivity contribution in [1.29, 1.82) is 0 Å². The van der Waals surface area contributed by atoms with Crippen molar-refractivity contribution in [3.05, 3.63) is 42.7 Å². The highest BCUT2D eigenvalue weighted by atomic mass is 16.5. The van der Waals surface area contributed by atoms with E-state index in [2.05, 4.69) is 34.6 Å². The molecule has 2 aliphatic rings. The van der Waals surface area contributed by atoms with E-state index in [1.54, 1.807) is 25.0 Å². The molecule has 33 heavy (non-hydrogen) atoms. The molecule has 3 aromatic rings. The van der Waals surface area contributed by atoms with Gasteiger partial charge in [-0.1, -0.05) is 0 Å². The number of aromatic nitrogens is 5. The first kappa shape index (κ1) is 22.1. The number of hydrogen-bond donors (Lipinski definition) is 2. The molecule has 2 atom stereocenters. The molecule has 5 heterocycles. The average molecular weight is 455 g/mol. The minimum absolute atomic E-state index is 0.0473. The lowest BCUT2D eigenvalue weighted by atomic mass is 10.2. The maximum Gasteiger partial charge on any atom is 0.167 e. The predicted octanol–water partition coefficient (Wildman–Crippen LogP) is -0.272. The number of β-amino-alcohol motifs (C(OH)–C–C–N with tert-alkyl or cyclic N) is 1. The van der Waals surface area contributed by atoms with Crippen molar-refractivity contribution in [1.82, 2.24) is 34.3 Å². The summed E-state index contributed by atoms with van der Waals surface area (Å²) in [6.07, 6.45) is 6.33. The van der Waals surface area contributed by atoms with Crippen LogP contribution in [0.3, 0.4) is 0 Å². The summed E-state index contributed by atoms with van der Waals surface area (Å²) in [6.45, 7) is 6.29. The third-order valence-corrected chi connectivity index (χ3v) is 6.32. The Morgan fingerprint density at radius 2 is 1.79 bits per heavy atom. The van der Waals surface area contributed by atoms with Crippen LogP contribution in [0.2, 0.25) is 0 Å². The van der Waals surface area contributed by atoms with Gasteiger partial charge in [0, 0.05) is 64.8 Å². The number of anilines is 1. The highest BCUT2D eigenvalue weighted by Gasteiger charge is 2.30. The van der Waals surface area contributed by atoms with Gasteiger partial charge in [-0.25, -0.2) is 15.0 Å². The van der Waals surface area contributed by atoms with Crippen molar-refractivity contribution in [2.45, 2.75) is 18.9 Å². The number of piperazine rings is 1. The first-order valence-corrected chi connectivity index (χ1v) is 11.4. The third kappa shape index (κ3) is 4.82. The number of rotatable bonds is 7. The number of morpholine rings is 1. The van der Waals surface area contributed by atoms with Gasteiger partial charge in [-0.3, -0.25) is 19.4 Å². The van der Waals surface area contributed by atoms with Gasteiger partial charge in [-0.05, 0) is 17.7 Å². The van der Waals surface area contributed by atoms with Crippen LogP contribution in [0, 0.1) is 0 Å². The monoisotopic (exact) mass is 454 g/mol. The Hall–Kier alpha value is -2.70. The summed E-state index contributed by atoms with van der Waals surface area (Å²) in [6, 6.07) is 4.01. The molecule has 0 aromatic carbocycles. The number of nitrogens with zero attached hydrogens (tertiary/aromatic N) is 8. The number of aliphatic hydroxyl groups excluding tert-OH is 2. The summed E-state index contributed by atoms with van der Waals surface area (Å²) in [7, 11) is 0. The smallest absolute Gasteiger partial charge is 0.167 e. The van der Waals surface area contributed by atoms with E-state index in [0.717, 1.165) is 49.7 Å². The van der Waals surface area contributed by atoms with Crippen LogP contribution in [0.25, 0.3) is 11.2 Å². The van der Waals surface area contributed by atoms with Gasteiger partial charge in [0.1, 0.15) is 12.6 Å². The van der Waals surface area contributed by atoms with Gasteiger partial charge in [-0.2, -0.15) is 0 Å². The molecule has 5 rings (SSSR count). The second-order valence-corrected chi connectivity index (χ2v) is 8.52. The van der Waals surface area contributed by atoms with Crippen molar-refractivity contribution in [2.75, 3.05) is 63.9 Å². The zero-order valence-electron chi connectivity index (χ0n) is 18.6. The van der Waals surface area contributed by atoms with Crippen LogP contribution in [-0.4, -0.2) is 110 Å². The van der Waals surface area contributed by atoms with Crippen molar-refractivity contribution in [3.8, 4) is 0 Å². The van der Waals surface area contributed by atoms with Crippen molar-refractivity contribution >= 4 is 17.0 Å². The van der Waals surface area contributed by atoms with Crippen LogP contribution in [0.5, 0.6) is 0 Å². The van der Waals surface area contributed by atoms with Crippen LogP contribution < -0.4 is 4.90 Å². The Morgan fingerprint density at radius 1 is 0.970 bits per heavy atom. The molecule has 2 N–H and O–H groups in total. The largest absolute Gasteiger partial charge is 0.395 e. The van der Waals surface area contributed by atoms with E-state index in [-0.39, 0.29) is 25.5 Å². The molecular weight excluding hydrogens is 424 g/mol. The molecule has 0 amide bonds. The fourth-order valence-corrected chi connectivity index (χ4v) is 4.63. The maximum absolute atomic E-state index is 9.84. The molecule has 0 spiro atoms. The Bertz CT molecular complexity index is 1040. The first-order valence-electron chi connectivity index (χ1n) is 11.4. The molecule has 2 aliphatic heterocycles. The van der Waals surface area contributed by atoms with Crippen molar-refractivity contribution < 1.29 is 14.9 Å². The van der Waals surface area contributed by atoms with Crippen molar-refractivity contribution in [3.63, 3.8) is 0 Å². The van der Waals surface area contributed by atoms with Crippen LogP contribution in [0.4, 0.5) is 5.82 Å². The molecule has 11 heteroatoms. The molecule has 0 aliphatic carbocycles. The third-order valence-electron chi connectivity index (χ3n) is 6.32. The number of ether oxygens (including phenoxy) is 1. The standard InChI is InChI=1S/C22H30N8O3/c31-10-9-27-5-7-29(8-6-27)21-20-22(25-15-24-21)30(16-26-20)19-13-28(12-18(14-32)33-19)11-17-1-3-23-4-2-17/h1-4,15-16,18-19,31-32H,5-14H2/t18-,19+/m0/s1. The Morgan fingerprint density at radius 3 is 2.55 bits per heavy atom. The van der Waals surface area contributed by atoms with Gasteiger partial charge in [0.2, 0.25) is 0 Å². The molecule has 3 aromatic heterocycles. The normalized spacial score (nSPS) is 22.8. The minimum atomic E-state index is -0.313. The van der Waals surface area contributed by atoms with Gasteiger partial charge in [-0.15, -0.1) is 0 Å². The van der Waals surface area contributed by atoms with Gasteiger partial charge >= 0.3 is 0 Å². The summed E-state index contributed by atoms with van der Waals surface area (Å²) in [5.41, 5.74) is 2.65. The lowest BCUT2D eigenvalue weighted by Crippen LogP contribution is -2.47. The molecule has 2 fully saturated rings. The second-order valence-electron chi connectivity index (χ2n) is 8.52. The van der Waals surface area contributed by atoms with E-state index in [1.807, 2.05) is 16.7 Å². The van der Waals surface area contributed by atoms with E-state index in [9.17, 15) is 10.2 Å². The highest BCUT2D eigenvalue weighted by molar-refractivity contribution is 5.83. The first-order chi connectivity index (χ1) is 16.2. The lowest BCUT2D eigenvalue weighted by Gasteiger charge is -2.38. The molecule has 0 saturated carbocycles. The lowest BCUT2D eigenvalue weighted by molar-refractivity contribution is -0.135. The number of pyridine rings is 1. The number of hydrogen-bond acceptors (Lipinski definition) is 10. The number of aliphatic hydroxyl groups is 2. The fourth-order valence-electron chi connectivity index (χ4n) is 4.63. The van der Waals surface area contributed by atoms with E-state index >= 15 is 0 Å². The van der Waals surface area contributed by atoms with Gasteiger partial charge in [0.25, 0.3) is 0 Å². The van der Waals surface area contributed by atoms with E-state index in [4.69, 9.17) is 4.74 Å². The molecule has 0 unspecified atom stereocenters. The molecule has 0 radical (unpaired) electrons. The maximum atomic E-state index is 9.84. The van der Waals surface area contributed by atoms with E-state index < -0.39 is 0 Å². The molecular formula is C22H30N8O3. The highest BCUT2D eigenvalue weighted by Crippen LogP contribution is 2.28. The summed E-state index contributed by atoms with van der Waals surface area (Å²) < 4.78 is 8.15. The zero-order valence-corrected chi connectivity index (χ0v) is 18.6. The van der Waals surface area contributed by atoms with Gasteiger partial charge in [0.05, 0.1) is 25.6 Å². The van der Waals surface area contributed by atoms with Crippen LogP contribution in [-0.2, 0) is 11.3 Å². The quantitative estimate of drug-likeness (QED) is 0.494. The molecule has 11 nitrogen and oxygen atoms in total. The Kier molecular flexibility index (Phi) is 6.74. The molecule has 0 bridgehead atoms. The summed E-state index contributed by atoms with van der Waals surface area (Å²) >= 11 is 0. The molecule has 176 valence electrons. The zero-order chi connectivity index (χ0) is 22.6. The average Bonchev–Trinajstić information content (AvgIpc) is 3.30. The number of fused-ring (bicyclic) bond motifs is 1. The summed E-state index contributed by atoms with van der Waals surface area (Å²) in [5.74, 6) is 0.825. The fraction of sp³-hybridized carbons (Fsp3) is 0.545. The number of imidazole rings is 1. The molecule has 2 saturated heterocycles. The Balaban J connectivity index is 1.36. The van der Waals surface area contributed by atoms with Crippen LogP contribution in [0.1, 0.15) is 11.8 Å². The van der Waals surface area contributed by atoms with Gasteiger partial charge < -0.3 is 19.8 Å². The Labute approximate surface area is 192 Å². The van der Waals surface area contributed by atoms with E-state index in [1.165, 1.54) is 5.56 Å². The SMILES string of the molecule is OCCN1CCN(c2ncnc3c2ncn3[C@H]2CN(Cc3ccncc3)C[C@@H](CO)O2)CC1. The summed E-state index contributed by atoms with van der Waals surface area (Å²) in [5, 5.41) is 19.0. The summed E-state index contributed by atoms with van der Waals surface area (Å²) in [4.78, 5) is 24.6. The van der Waals surface area contributed by atoms with E-state index in [0.29, 0.717) is 19.6 Å². The topological polar surface area (TPSA) is 116 Å². The minimum Gasteiger partial charge on any atom is -0.395 e. The second kappa shape index (κ2) is 10.1. The van der Waals surface area contributed by atoms with Crippen LogP contribution in [0.15, 0.2) is 37.2 Å². The van der Waals surface area contributed by atoms with Crippen molar-refractivity contribution in [2.24, 2.45) is 0 Å². The van der Waals surface area contributed by atoms with Gasteiger partial charge in [0.15, 0.2) is 17.0 Å². The van der Waals surface area contributed by atoms with Crippen LogP contribution >= 0.6 is 0 Å². The predicted molar refractivity (Wildman–Crippen MR) is 122 cm³/mol.